The molecule has 2 aromatic heterocycles. The molecule has 1 N–H and O–H groups in total. The summed E-state index contributed by atoms with van der Waals surface area (Å²) in [6.07, 6.45) is 0.940. The Morgan fingerprint density at radius 3 is 2.65 bits per heavy atom. The van der Waals surface area contributed by atoms with E-state index in [0.29, 0.717) is 17.5 Å². The van der Waals surface area contributed by atoms with Crippen molar-refractivity contribution < 1.29 is 4.92 Å². The van der Waals surface area contributed by atoms with Crippen LogP contribution in [0.1, 0.15) is 25.0 Å². The molecule has 0 amide bonds. The molecule has 2 rings (SSSR count). The van der Waals surface area contributed by atoms with Gasteiger partial charge in [-0.2, -0.15) is 4.68 Å². The van der Waals surface area contributed by atoms with Crippen molar-refractivity contribution in [2.75, 3.05) is 11.9 Å². The molecule has 20 heavy (non-hydrogen) atoms. The Kier molecular flexibility index (Phi) is 3.92. The van der Waals surface area contributed by atoms with Crippen LogP contribution < -0.4 is 5.32 Å². The summed E-state index contributed by atoms with van der Waals surface area (Å²) < 4.78 is 1.39. The summed E-state index contributed by atoms with van der Waals surface area (Å²) >= 11 is 0. The zero-order valence-corrected chi connectivity index (χ0v) is 11.6. The standard InChI is InChI=1S/C12H16N6O2/c1-4-7-13-11-6-5-10(18(19)20)12(15-11)17-9(3)14-8(2)16-17/h5-6H,4,7H2,1-3H3,(H,13,15). The van der Waals surface area contributed by atoms with E-state index in [2.05, 4.69) is 20.4 Å². The van der Waals surface area contributed by atoms with Crippen LogP contribution in [0, 0.1) is 24.0 Å². The number of hydrogen-bond donors (Lipinski definition) is 1. The van der Waals surface area contributed by atoms with Gasteiger partial charge in [-0.3, -0.25) is 10.1 Å². The molecular weight excluding hydrogens is 260 g/mol. The molecule has 0 atom stereocenters. The van der Waals surface area contributed by atoms with Gasteiger partial charge in [-0.1, -0.05) is 6.92 Å². The molecule has 0 aromatic carbocycles. The van der Waals surface area contributed by atoms with E-state index in [1.807, 2.05) is 6.92 Å². The average molecular weight is 276 g/mol. The van der Waals surface area contributed by atoms with Crippen LogP contribution in [0.5, 0.6) is 0 Å². The number of rotatable bonds is 5. The van der Waals surface area contributed by atoms with Gasteiger partial charge in [-0.15, -0.1) is 5.10 Å². The maximum absolute atomic E-state index is 11.1. The molecule has 0 fully saturated rings. The first-order chi connectivity index (χ1) is 9.52. The summed E-state index contributed by atoms with van der Waals surface area (Å²) in [6.45, 7) is 6.25. The Balaban J connectivity index is 2.52. The first-order valence-electron chi connectivity index (χ1n) is 6.33. The van der Waals surface area contributed by atoms with Crippen LogP contribution in [0.4, 0.5) is 11.5 Å². The predicted molar refractivity (Wildman–Crippen MR) is 74.1 cm³/mol. The molecule has 0 saturated heterocycles. The maximum atomic E-state index is 11.1. The number of nitro groups is 1. The first kappa shape index (κ1) is 13.9. The molecule has 8 heteroatoms. The molecule has 0 unspecified atom stereocenters. The van der Waals surface area contributed by atoms with Crippen molar-refractivity contribution in [3.05, 3.63) is 33.9 Å². The third kappa shape index (κ3) is 2.73. The Morgan fingerprint density at radius 2 is 2.10 bits per heavy atom. The summed E-state index contributed by atoms with van der Waals surface area (Å²) in [5.74, 6) is 1.87. The second kappa shape index (κ2) is 5.64. The van der Waals surface area contributed by atoms with Crippen LogP contribution in [-0.2, 0) is 0 Å². The van der Waals surface area contributed by atoms with Crippen LogP contribution >= 0.6 is 0 Å². The van der Waals surface area contributed by atoms with E-state index >= 15 is 0 Å². The second-order valence-electron chi connectivity index (χ2n) is 4.34. The van der Waals surface area contributed by atoms with E-state index in [4.69, 9.17) is 0 Å². The highest BCUT2D eigenvalue weighted by Crippen LogP contribution is 2.23. The SMILES string of the molecule is CCCNc1ccc([N+](=O)[O-])c(-n2nc(C)nc2C)n1. The van der Waals surface area contributed by atoms with E-state index in [1.165, 1.54) is 10.7 Å². The Labute approximate surface area is 116 Å². The Hall–Kier alpha value is -2.51. The summed E-state index contributed by atoms with van der Waals surface area (Å²) in [5, 5.41) is 18.4. The van der Waals surface area contributed by atoms with E-state index in [-0.39, 0.29) is 11.5 Å². The number of pyridine rings is 1. The molecule has 0 aliphatic carbocycles. The number of hydrogen-bond acceptors (Lipinski definition) is 6. The smallest absolute Gasteiger partial charge is 0.313 e. The molecule has 0 radical (unpaired) electrons. The molecule has 8 nitrogen and oxygen atoms in total. The fourth-order valence-electron chi connectivity index (χ4n) is 1.81. The van der Waals surface area contributed by atoms with E-state index in [9.17, 15) is 10.1 Å². The van der Waals surface area contributed by atoms with Crippen molar-refractivity contribution in [3.63, 3.8) is 0 Å². The van der Waals surface area contributed by atoms with Crippen LogP contribution in [0.2, 0.25) is 0 Å². The number of nitrogens with one attached hydrogen (secondary N) is 1. The lowest BCUT2D eigenvalue weighted by atomic mass is 10.3. The van der Waals surface area contributed by atoms with E-state index in [1.54, 1.807) is 19.9 Å². The fraction of sp³-hybridized carbons (Fsp3) is 0.417. The van der Waals surface area contributed by atoms with Crippen LogP contribution in [0.3, 0.4) is 0 Å². The van der Waals surface area contributed by atoms with Gasteiger partial charge in [-0.25, -0.2) is 9.97 Å². The molecule has 0 saturated carbocycles. The van der Waals surface area contributed by atoms with Gasteiger partial charge in [0, 0.05) is 12.6 Å². The largest absolute Gasteiger partial charge is 0.370 e. The van der Waals surface area contributed by atoms with Crippen LogP contribution in [-0.4, -0.2) is 31.2 Å². The quantitative estimate of drug-likeness (QED) is 0.662. The number of anilines is 1. The summed E-state index contributed by atoms with van der Waals surface area (Å²) in [7, 11) is 0. The van der Waals surface area contributed by atoms with Gasteiger partial charge >= 0.3 is 5.69 Å². The minimum atomic E-state index is -0.470. The average Bonchev–Trinajstić information content (AvgIpc) is 2.74. The monoisotopic (exact) mass is 276 g/mol. The van der Waals surface area contributed by atoms with Crippen molar-refractivity contribution in [1.82, 2.24) is 19.7 Å². The number of aryl methyl sites for hydroxylation is 2. The third-order valence-corrected chi connectivity index (χ3v) is 2.68. The lowest BCUT2D eigenvalue weighted by Gasteiger charge is -2.07. The maximum Gasteiger partial charge on any atom is 0.313 e. The van der Waals surface area contributed by atoms with Crippen LogP contribution in [0.25, 0.3) is 5.82 Å². The molecule has 2 heterocycles. The molecule has 2 aromatic rings. The highest BCUT2D eigenvalue weighted by atomic mass is 16.6. The predicted octanol–water partition coefficient (Wildman–Crippen LogP) is 2.01. The number of aromatic nitrogens is 4. The normalized spacial score (nSPS) is 10.6. The fourth-order valence-corrected chi connectivity index (χ4v) is 1.81. The van der Waals surface area contributed by atoms with Gasteiger partial charge in [0.15, 0.2) is 0 Å². The van der Waals surface area contributed by atoms with Gasteiger partial charge in [0.25, 0.3) is 0 Å². The molecular formula is C12H16N6O2. The second-order valence-corrected chi connectivity index (χ2v) is 4.34. The molecule has 0 bridgehead atoms. The van der Waals surface area contributed by atoms with E-state index < -0.39 is 4.92 Å². The highest BCUT2D eigenvalue weighted by Gasteiger charge is 2.20. The van der Waals surface area contributed by atoms with Gasteiger partial charge in [0.2, 0.25) is 5.82 Å². The van der Waals surface area contributed by atoms with Crippen molar-refractivity contribution in [2.45, 2.75) is 27.2 Å². The lowest BCUT2D eigenvalue weighted by Crippen LogP contribution is -2.09. The van der Waals surface area contributed by atoms with Crippen molar-refractivity contribution >= 4 is 11.5 Å². The topological polar surface area (TPSA) is 98.8 Å². The zero-order valence-electron chi connectivity index (χ0n) is 11.6. The van der Waals surface area contributed by atoms with Gasteiger partial charge < -0.3 is 5.32 Å². The van der Waals surface area contributed by atoms with Gasteiger partial charge in [0.1, 0.15) is 17.5 Å². The van der Waals surface area contributed by atoms with Gasteiger partial charge in [-0.05, 0) is 26.3 Å². The summed E-state index contributed by atoms with van der Waals surface area (Å²) in [6, 6.07) is 3.02. The van der Waals surface area contributed by atoms with Crippen LogP contribution in [0.15, 0.2) is 12.1 Å². The van der Waals surface area contributed by atoms with Crippen molar-refractivity contribution in [2.24, 2.45) is 0 Å². The minimum absolute atomic E-state index is 0.0972. The highest BCUT2D eigenvalue weighted by molar-refractivity contribution is 5.53. The van der Waals surface area contributed by atoms with Crippen molar-refractivity contribution in [3.8, 4) is 5.82 Å². The first-order valence-corrected chi connectivity index (χ1v) is 6.33. The summed E-state index contributed by atoms with van der Waals surface area (Å²) in [4.78, 5) is 19.1. The summed E-state index contributed by atoms with van der Waals surface area (Å²) in [5.41, 5.74) is -0.0972. The Bertz CT molecular complexity index is 637. The molecule has 0 aliphatic heterocycles. The van der Waals surface area contributed by atoms with E-state index in [0.717, 1.165) is 13.0 Å². The minimum Gasteiger partial charge on any atom is -0.370 e. The van der Waals surface area contributed by atoms with Gasteiger partial charge in [0.05, 0.1) is 4.92 Å². The molecule has 0 aliphatic rings. The third-order valence-electron chi connectivity index (χ3n) is 2.68. The lowest BCUT2D eigenvalue weighted by molar-refractivity contribution is -0.384. The number of nitrogens with zero attached hydrogens (tertiary/aromatic N) is 5. The molecule has 106 valence electrons. The van der Waals surface area contributed by atoms with Crippen molar-refractivity contribution in [1.29, 1.82) is 0 Å². The molecule has 0 spiro atoms. The zero-order chi connectivity index (χ0) is 14.7. The Morgan fingerprint density at radius 1 is 1.35 bits per heavy atom.